The lowest BCUT2D eigenvalue weighted by Crippen LogP contribution is -2.33. The molecule has 0 bridgehead atoms. The Hall–Kier alpha value is -3.25. The fraction of sp³-hybridized carbons (Fsp3) is 0.227. The van der Waals surface area contributed by atoms with Crippen molar-refractivity contribution in [2.45, 2.75) is 19.4 Å². The number of nitrogens with one attached hydrogen (secondary N) is 1. The molecule has 0 unspecified atom stereocenters. The highest BCUT2D eigenvalue weighted by Gasteiger charge is 2.18. The van der Waals surface area contributed by atoms with Crippen molar-refractivity contribution in [1.82, 2.24) is 14.9 Å². The number of aromatic amines is 1. The third-order valence-corrected chi connectivity index (χ3v) is 4.59. The second-order valence-corrected chi connectivity index (χ2v) is 6.79. The molecule has 6 nitrogen and oxygen atoms in total. The van der Waals surface area contributed by atoms with Crippen LogP contribution in [0.25, 0.3) is 11.4 Å². The number of H-pyrrole nitrogens is 1. The normalized spacial score (nSPS) is 11.8. The van der Waals surface area contributed by atoms with Gasteiger partial charge in [-0.15, -0.1) is 0 Å². The standard InChI is InChI=1S/C22H23N3O3/c1-15-7-6-10-17(13-15)20-23-14-18(21(27)24-20)22(28)25(2)12-11-19(26)16-8-4-3-5-9-16/h3-10,13-14,19,26H,11-12H2,1-2H3,(H,23,24,27)/t19-/m1/s1. The summed E-state index contributed by atoms with van der Waals surface area (Å²) in [5, 5.41) is 10.2. The molecule has 0 saturated heterocycles. The van der Waals surface area contributed by atoms with E-state index in [-0.39, 0.29) is 5.56 Å². The SMILES string of the molecule is Cc1cccc(-c2ncc(C(=O)N(C)CC[C@@H](O)c3ccccc3)c(=O)[nH]2)c1. The van der Waals surface area contributed by atoms with Crippen LogP contribution in [0.2, 0.25) is 0 Å². The first-order valence-electron chi connectivity index (χ1n) is 9.10. The van der Waals surface area contributed by atoms with Crippen molar-refractivity contribution >= 4 is 5.91 Å². The highest BCUT2D eigenvalue weighted by Crippen LogP contribution is 2.17. The molecule has 0 fully saturated rings. The molecule has 0 spiro atoms. The minimum absolute atomic E-state index is 0.0203. The first-order chi connectivity index (χ1) is 13.5. The zero-order chi connectivity index (χ0) is 20.1. The van der Waals surface area contributed by atoms with E-state index >= 15 is 0 Å². The van der Waals surface area contributed by atoms with Gasteiger partial charge < -0.3 is 15.0 Å². The Labute approximate surface area is 163 Å². The van der Waals surface area contributed by atoms with Crippen molar-refractivity contribution in [2.75, 3.05) is 13.6 Å². The van der Waals surface area contributed by atoms with Gasteiger partial charge in [-0.1, -0.05) is 54.1 Å². The fourth-order valence-electron chi connectivity index (χ4n) is 2.95. The number of nitrogens with zero attached hydrogens (tertiary/aromatic N) is 2. The first kappa shape index (κ1) is 19.5. The quantitative estimate of drug-likeness (QED) is 0.692. The summed E-state index contributed by atoms with van der Waals surface area (Å²) in [6, 6.07) is 16.9. The summed E-state index contributed by atoms with van der Waals surface area (Å²) >= 11 is 0. The van der Waals surface area contributed by atoms with Gasteiger partial charge in [-0.05, 0) is 25.0 Å². The van der Waals surface area contributed by atoms with E-state index in [1.54, 1.807) is 7.05 Å². The maximum Gasteiger partial charge on any atom is 0.264 e. The Morgan fingerprint density at radius 3 is 2.61 bits per heavy atom. The number of carbonyl (C=O) groups is 1. The highest BCUT2D eigenvalue weighted by atomic mass is 16.3. The molecule has 144 valence electrons. The second-order valence-electron chi connectivity index (χ2n) is 6.79. The van der Waals surface area contributed by atoms with Gasteiger partial charge >= 0.3 is 0 Å². The molecule has 0 radical (unpaired) electrons. The van der Waals surface area contributed by atoms with Crippen molar-refractivity contribution in [1.29, 1.82) is 0 Å². The zero-order valence-corrected chi connectivity index (χ0v) is 15.9. The number of hydrogen-bond donors (Lipinski definition) is 2. The number of rotatable bonds is 6. The molecule has 3 rings (SSSR count). The third-order valence-electron chi connectivity index (χ3n) is 4.59. The van der Waals surface area contributed by atoms with Gasteiger partial charge in [0.15, 0.2) is 0 Å². The van der Waals surface area contributed by atoms with Crippen molar-refractivity contribution in [2.24, 2.45) is 0 Å². The van der Waals surface area contributed by atoms with E-state index in [4.69, 9.17) is 0 Å². The number of hydrogen-bond acceptors (Lipinski definition) is 4. The van der Waals surface area contributed by atoms with E-state index in [2.05, 4.69) is 9.97 Å². The summed E-state index contributed by atoms with van der Waals surface area (Å²) in [7, 11) is 1.61. The van der Waals surface area contributed by atoms with Gasteiger partial charge in [0.25, 0.3) is 11.5 Å². The molecule has 2 aromatic carbocycles. The van der Waals surface area contributed by atoms with Crippen LogP contribution < -0.4 is 5.56 Å². The number of benzene rings is 2. The van der Waals surface area contributed by atoms with Crippen LogP contribution in [0.3, 0.4) is 0 Å². The monoisotopic (exact) mass is 377 g/mol. The van der Waals surface area contributed by atoms with Gasteiger partial charge in [0.05, 0.1) is 6.10 Å². The number of aryl methyl sites for hydroxylation is 1. The van der Waals surface area contributed by atoms with Crippen molar-refractivity contribution < 1.29 is 9.90 Å². The lowest BCUT2D eigenvalue weighted by molar-refractivity contribution is 0.0759. The first-order valence-corrected chi connectivity index (χ1v) is 9.10. The smallest absolute Gasteiger partial charge is 0.264 e. The summed E-state index contributed by atoms with van der Waals surface area (Å²) < 4.78 is 0. The summed E-state index contributed by atoms with van der Waals surface area (Å²) in [6.07, 6.45) is 1.01. The Kier molecular flexibility index (Phi) is 6.01. The van der Waals surface area contributed by atoms with E-state index < -0.39 is 17.6 Å². The number of amides is 1. The zero-order valence-electron chi connectivity index (χ0n) is 15.9. The molecule has 2 N–H and O–H groups in total. The number of aromatic nitrogens is 2. The molecule has 1 atom stereocenters. The van der Waals surface area contributed by atoms with Crippen LogP contribution in [-0.2, 0) is 0 Å². The predicted molar refractivity (Wildman–Crippen MR) is 108 cm³/mol. The molecule has 1 aromatic heterocycles. The van der Waals surface area contributed by atoms with E-state index in [1.807, 2.05) is 61.5 Å². The van der Waals surface area contributed by atoms with Gasteiger partial charge in [-0.2, -0.15) is 0 Å². The maximum atomic E-state index is 12.6. The summed E-state index contributed by atoms with van der Waals surface area (Å²) in [4.78, 5) is 33.4. The molecule has 0 aliphatic heterocycles. The Morgan fingerprint density at radius 2 is 1.93 bits per heavy atom. The Morgan fingerprint density at radius 1 is 1.18 bits per heavy atom. The molecular weight excluding hydrogens is 354 g/mol. The number of carbonyl (C=O) groups excluding carboxylic acids is 1. The summed E-state index contributed by atoms with van der Waals surface area (Å²) in [5.41, 5.74) is 2.14. The second kappa shape index (κ2) is 8.63. The average molecular weight is 377 g/mol. The highest BCUT2D eigenvalue weighted by molar-refractivity contribution is 5.93. The van der Waals surface area contributed by atoms with Crippen LogP contribution in [-0.4, -0.2) is 39.5 Å². The van der Waals surface area contributed by atoms with Crippen LogP contribution in [0.5, 0.6) is 0 Å². The van der Waals surface area contributed by atoms with Gasteiger partial charge in [0.1, 0.15) is 11.4 Å². The molecule has 0 aliphatic rings. The Bertz CT molecular complexity index is 1010. The lowest BCUT2D eigenvalue weighted by Gasteiger charge is -2.19. The minimum atomic E-state index is -0.670. The fourth-order valence-corrected chi connectivity index (χ4v) is 2.95. The van der Waals surface area contributed by atoms with Gasteiger partial charge in [-0.25, -0.2) is 4.98 Å². The van der Waals surface area contributed by atoms with Crippen LogP contribution >= 0.6 is 0 Å². The van der Waals surface area contributed by atoms with Crippen molar-refractivity contribution in [3.8, 4) is 11.4 Å². The molecule has 0 aliphatic carbocycles. The van der Waals surface area contributed by atoms with Crippen molar-refractivity contribution in [3.05, 3.63) is 87.8 Å². The molecular formula is C22H23N3O3. The van der Waals surface area contributed by atoms with Crippen LogP contribution in [0.4, 0.5) is 0 Å². The van der Waals surface area contributed by atoms with Gasteiger partial charge in [0, 0.05) is 25.4 Å². The number of aliphatic hydroxyl groups is 1. The van der Waals surface area contributed by atoms with Crippen LogP contribution in [0.15, 0.2) is 65.6 Å². The molecule has 1 heterocycles. The average Bonchev–Trinajstić information content (AvgIpc) is 2.71. The molecule has 28 heavy (non-hydrogen) atoms. The minimum Gasteiger partial charge on any atom is -0.388 e. The van der Waals surface area contributed by atoms with Crippen LogP contribution in [0.1, 0.15) is 34.0 Å². The molecule has 3 aromatic rings. The van der Waals surface area contributed by atoms with E-state index in [0.29, 0.717) is 18.8 Å². The lowest BCUT2D eigenvalue weighted by atomic mass is 10.1. The van der Waals surface area contributed by atoms with Gasteiger partial charge in [0.2, 0.25) is 0 Å². The Balaban J connectivity index is 1.69. The van der Waals surface area contributed by atoms with Crippen LogP contribution in [0, 0.1) is 6.92 Å². The summed E-state index contributed by atoms with van der Waals surface area (Å²) in [6.45, 7) is 2.27. The molecule has 6 heteroatoms. The molecule has 1 amide bonds. The number of aliphatic hydroxyl groups excluding tert-OH is 1. The van der Waals surface area contributed by atoms with Gasteiger partial charge in [-0.3, -0.25) is 9.59 Å². The topological polar surface area (TPSA) is 86.3 Å². The predicted octanol–water partition coefficient (Wildman–Crippen LogP) is 2.94. The van der Waals surface area contributed by atoms with Crippen molar-refractivity contribution in [3.63, 3.8) is 0 Å². The van der Waals surface area contributed by atoms with E-state index in [9.17, 15) is 14.7 Å². The van der Waals surface area contributed by atoms with E-state index in [0.717, 1.165) is 16.7 Å². The van der Waals surface area contributed by atoms with E-state index in [1.165, 1.54) is 11.1 Å². The molecule has 0 saturated carbocycles. The third kappa shape index (κ3) is 4.53. The largest absolute Gasteiger partial charge is 0.388 e. The summed E-state index contributed by atoms with van der Waals surface area (Å²) in [5.74, 6) is -0.00259. The maximum absolute atomic E-state index is 12.6.